The lowest BCUT2D eigenvalue weighted by molar-refractivity contribution is -0.142. The van der Waals surface area contributed by atoms with E-state index in [0.29, 0.717) is 56.6 Å². The SMILES string of the molecule is CC[C@H](C)[C@H](NC(=O)[C@H](CCCN=C(N)N)NC(=O)[C@H](C)NC(=O)[C@H](Cc1cnc[nH]1)NC(=O)[C@@H]1CCCN1C(=O)[C@H](Cc1cnc[nH]1)NC(=O)[C@@H]1CCCN1)C(=O)N[C@@H](CCCCN)C(N)=O. The Morgan fingerprint density at radius 1 is 0.735 bits per heavy atom. The van der Waals surface area contributed by atoms with Crippen molar-refractivity contribution in [1.82, 2.24) is 62.1 Å². The second-order valence-corrected chi connectivity index (χ2v) is 17.4. The summed E-state index contributed by atoms with van der Waals surface area (Å²) in [5, 5.41) is 19.5. The first kappa shape index (κ1) is 54.0. The molecule has 0 spiro atoms. The molecule has 25 nitrogen and oxygen atoms in total. The standard InChI is InChI=1S/C43H71N17O8/c1-4-24(2)34(41(67)55-28(35(45)61)10-5-6-14-44)59-38(64)30(12-8-16-51-43(46)47)56-36(62)25(3)54-39(65)31(18-26-20-48-22-52-26)57-40(66)33-13-9-17-60(33)42(68)32(19-27-21-49-23-53-27)58-37(63)29-11-7-15-50-29/h20-25,28-34,50H,4-19,44H2,1-3H3,(H2,45,61)(H,48,52)(H,49,53)(H,54,65)(H,55,67)(H,56,62)(H,57,66)(H,58,63)(H,59,64)(H4,46,47,51)/t24-,25-,28-,29-,30-,31-,32-,33-,34-/m0/s1. The zero-order valence-electron chi connectivity index (χ0n) is 39.2. The fraction of sp³-hybridized carbons (Fsp3) is 0.651. The Morgan fingerprint density at radius 3 is 1.96 bits per heavy atom. The average Bonchev–Trinajstić information content (AvgIpc) is 4.17. The molecule has 4 heterocycles. The normalized spacial score (nSPS) is 18.7. The van der Waals surface area contributed by atoms with Crippen molar-refractivity contribution >= 4 is 53.2 Å². The number of nitrogens with zero attached hydrogens (tertiary/aromatic N) is 4. The van der Waals surface area contributed by atoms with E-state index in [2.05, 4.69) is 62.1 Å². The summed E-state index contributed by atoms with van der Waals surface area (Å²) in [4.78, 5) is 128. The van der Waals surface area contributed by atoms with Gasteiger partial charge in [-0.15, -0.1) is 0 Å². The number of hydrogen-bond donors (Lipinski definition) is 13. The van der Waals surface area contributed by atoms with Gasteiger partial charge in [-0.3, -0.25) is 43.3 Å². The molecule has 0 radical (unpaired) electrons. The first-order valence-corrected chi connectivity index (χ1v) is 23.4. The van der Waals surface area contributed by atoms with E-state index in [1.54, 1.807) is 13.1 Å². The number of nitrogens with two attached hydrogens (primary N) is 4. The Balaban J connectivity index is 1.48. The number of aliphatic imine (C=N–C) groups is 1. The van der Waals surface area contributed by atoms with E-state index >= 15 is 0 Å². The molecule has 2 aromatic rings. The van der Waals surface area contributed by atoms with E-state index in [-0.39, 0.29) is 63.5 Å². The van der Waals surface area contributed by atoms with Gasteiger partial charge in [0.05, 0.1) is 18.7 Å². The number of hydrogen-bond acceptors (Lipinski definition) is 13. The maximum atomic E-state index is 14.2. The highest BCUT2D eigenvalue weighted by Gasteiger charge is 2.40. The molecule has 0 bridgehead atoms. The number of carbonyl (C=O) groups excluding carboxylic acids is 8. The molecule has 2 aliphatic heterocycles. The van der Waals surface area contributed by atoms with Crippen molar-refractivity contribution in [3.05, 3.63) is 36.4 Å². The Labute approximate surface area is 395 Å². The van der Waals surface area contributed by atoms with Crippen molar-refractivity contribution in [2.24, 2.45) is 33.8 Å². The van der Waals surface area contributed by atoms with Crippen molar-refractivity contribution < 1.29 is 38.4 Å². The summed E-state index contributed by atoms with van der Waals surface area (Å²) in [6.45, 7) is 6.39. The van der Waals surface area contributed by atoms with Gasteiger partial charge in [-0.25, -0.2) is 9.97 Å². The highest BCUT2D eigenvalue weighted by Crippen LogP contribution is 2.21. The number of primary amides is 1. The molecule has 8 amide bonds. The Morgan fingerprint density at radius 2 is 1.37 bits per heavy atom. The number of rotatable bonds is 28. The van der Waals surface area contributed by atoms with E-state index in [0.717, 1.165) is 6.42 Å². The fourth-order valence-corrected chi connectivity index (χ4v) is 8.04. The largest absolute Gasteiger partial charge is 0.370 e. The van der Waals surface area contributed by atoms with Crippen LogP contribution in [-0.2, 0) is 51.2 Å². The summed E-state index contributed by atoms with van der Waals surface area (Å²) in [7, 11) is 0. The molecule has 0 saturated carbocycles. The molecule has 9 atom stereocenters. The third-order valence-corrected chi connectivity index (χ3v) is 12.2. The smallest absolute Gasteiger partial charge is 0.246 e. The highest BCUT2D eigenvalue weighted by molar-refractivity contribution is 5.98. The molecule has 0 aromatic carbocycles. The van der Waals surface area contributed by atoms with Gasteiger partial charge in [0.25, 0.3) is 0 Å². The van der Waals surface area contributed by atoms with E-state index in [1.165, 1.54) is 30.7 Å². The quantitative estimate of drug-likeness (QED) is 0.0222. The van der Waals surface area contributed by atoms with Gasteiger partial charge < -0.3 is 75.0 Å². The van der Waals surface area contributed by atoms with Gasteiger partial charge in [0.15, 0.2) is 5.96 Å². The lowest BCUT2D eigenvalue weighted by Gasteiger charge is -2.30. The van der Waals surface area contributed by atoms with Crippen LogP contribution < -0.4 is 60.2 Å². The van der Waals surface area contributed by atoms with Gasteiger partial charge in [0.2, 0.25) is 47.3 Å². The van der Waals surface area contributed by atoms with Crippen molar-refractivity contribution in [2.75, 3.05) is 26.2 Å². The monoisotopic (exact) mass is 954 g/mol. The molecule has 0 unspecified atom stereocenters. The maximum absolute atomic E-state index is 14.2. The van der Waals surface area contributed by atoms with Crippen LogP contribution in [0.4, 0.5) is 0 Å². The lowest BCUT2D eigenvalue weighted by Crippen LogP contribution is -2.60. The molecular formula is C43H71N17O8. The van der Waals surface area contributed by atoms with E-state index in [4.69, 9.17) is 22.9 Å². The number of carbonyl (C=O) groups is 8. The third-order valence-electron chi connectivity index (χ3n) is 12.2. The Kier molecular flexibility index (Phi) is 21.6. The van der Waals surface area contributed by atoms with Crippen molar-refractivity contribution in [3.8, 4) is 0 Å². The second kappa shape index (κ2) is 27.2. The Bertz CT molecular complexity index is 2010. The van der Waals surface area contributed by atoms with Gasteiger partial charge in [-0.05, 0) is 83.7 Å². The number of amides is 8. The predicted octanol–water partition coefficient (Wildman–Crippen LogP) is -3.70. The molecule has 4 rings (SSSR count). The molecule has 2 aromatic heterocycles. The van der Waals surface area contributed by atoms with Crippen LogP contribution >= 0.6 is 0 Å². The Hall–Kier alpha value is -6.63. The third kappa shape index (κ3) is 16.6. The molecule has 2 fully saturated rings. The molecule has 2 saturated heterocycles. The fourth-order valence-electron chi connectivity index (χ4n) is 8.04. The predicted molar refractivity (Wildman–Crippen MR) is 249 cm³/mol. The zero-order valence-corrected chi connectivity index (χ0v) is 39.2. The number of likely N-dealkylation sites (tertiary alicyclic amines) is 1. The first-order valence-electron chi connectivity index (χ1n) is 23.4. The average molecular weight is 954 g/mol. The van der Waals surface area contributed by atoms with Crippen molar-refractivity contribution in [1.29, 1.82) is 0 Å². The second-order valence-electron chi connectivity index (χ2n) is 17.4. The van der Waals surface area contributed by atoms with Crippen LogP contribution in [-0.4, -0.2) is 153 Å². The molecule has 0 aliphatic carbocycles. The van der Waals surface area contributed by atoms with Crippen LogP contribution in [0.1, 0.15) is 96.4 Å². The molecule has 17 N–H and O–H groups in total. The lowest BCUT2D eigenvalue weighted by atomic mass is 9.96. The van der Waals surface area contributed by atoms with Gasteiger partial charge in [-0.2, -0.15) is 0 Å². The molecule has 376 valence electrons. The van der Waals surface area contributed by atoms with Gasteiger partial charge in [0, 0.05) is 49.7 Å². The van der Waals surface area contributed by atoms with Crippen LogP contribution in [0.2, 0.25) is 0 Å². The minimum atomic E-state index is -1.27. The summed E-state index contributed by atoms with van der Waals surface area (Å²) in [5.74, 6) is -5.61. The summed E-state index contributed by atoms with van der Waals surface area (Å²) < 4.78 is 0. The minimum Gasteiger partial charge on any atom is -0.370 e. The maximum Gasteiger partial charge on any atom is 0.246 e. The first-order chi connectivity index (χ1) is 32.5. The molecule has 2 aliphatic rings. The highest BCUT2D eigenvalue weighted by atomic mass is 16.2. The van der Waals surface area contributed by atoms with Gasteiger partial charge in [0.1, 0.15) is 42.3 Å². The van der Waals surface area contributed by atoms with E-state index in [9.17, 15) is 38.4 Å². The number of aromatic nitrogens is 4. The van der Waals surface area contributed by atoms with Gasteiger partial charge >= 0.3 is 0 Å². The van der Waals surface area contributed by atoms with Crippen LogP contribution in [0.15, 0.2) is 30.0 Å². The van der Waals surface area contributed by atoms with Crippen molar-refractivity contribution in [3.63, 3.8) is 0 Å². The van der Waals surface area contributed by atoms with Crippen LogP contribution in [0.25, 0.3) is 0 Å². The number of nitrogens with one attached hydrogen (secondary N) is 9. The van der Waals surface area contributed by atoms with Gasteiger partial charge in [-0.1, -0.05) is 20.3 Å². The van der Waals surface area contributed by atoms with Crippen molar-refractivity contribution in [2.45, 2.75) is 146 Å². The van der Waals surface area contributed by atoms with E-state index < -0.39 is 95.6 Å². The summed E-state index contributed by atoms with van der Waals surface area (Å²) in [6.07, 6.45) is 10.3. The van der Waals surface area contributed by atoms with Crippen LogP contribution in [0.5, 0.6) is 0 Å². The topological polar surface area (TPSA) is 398 Å². The van der Waals surface area contributed by atoms with E-state index in [1.807, 2.05) is 6.92 Å². The zero-order chi connectivity index (χ0) is 49.8. The molecule has 68 heavy (non-hydrogen) atoms. The molecular weight excluding hydrogens is 883 g/mol. The minimum absolute atomic E-state index is 0.0197. The van der Waals surface area contributed by atoms with Crippen LogP contribution in [0.3, 0.4) is 0 Å². The molecule has 25 heteroatoms. The summed E-state index contributed by atoms with van der Waals surface area (Å²) in [6, 6.07) is -8.33. The number of H-pyrrole nitrogens is 2. The number of unbranched alkanes of at least 4 members (excludes halogenated alkanes) is 1. The summed E-state index contributed by atoms with van der Waals surface area (Å²) in [5.41, 5.74) is 23.2. The number of imidazole rings is 2. The number of aromatic amines is 2. The number of guanidine groups is 1. The summed E-state index contributed by atoms with van der Waals surface area (Å²) >= 11 is 0. The van der Waals surface area contributed by atoms with Crippen LogP contribution in [0, 0.1) is 5.92 Å².